The predicted molar refractivity (Wildman–Crippen MR) is 115 cm³/mol. The SMILES string of the molecule is COc1cc(OC)c(NC(=O)c2sc3nc(CC(C)C)ccc3c2N)cc1Cl. The molecule has 0 radical (unpaired) electrons. The van der Waals surface area contributed by atoms with Crippen molar-refractivity contribution >= 4 is 50.4 Å². The Morgan fingerprint density at radius 3 is 2.61 bits per heavy atom. The molecule has 148 valence electrons. The normalized spacial score (nSPS) is 11.1. The number of hydrogen-bond acceptors (Lipinski definition) is 6. The maximum Gasteiger partial charge on any atom is 0.268 e. The second kappa shape index (κ2) is 8.24. The van der Waals surface area contributed by atoms with Crippen LogP contribution >= 0.6 is 22.9 Å². The van der Waals surface area contributed by atoms with E-state index in [2.05, 4.69) is 24.1 Å². The molecule has 2 aromatic heterocycles. The number of pyridine rings is 1. The van der Waals surface area contributed by atoms with Crippen molar-refractivity contribution in [1.82, 2.24) is 4.98 Å². The number of benzene rings is 1. The van der Waals surface area contributed by atoms with Crippen LogP contribution in [-0.2, 0) is 6.42 Å². The summed E-state index contributed by atoms with van der Waals surface area (Å²) >= 11 is 7.45. The van der Waals surface area contributed by atoms with Gasteiger partial charge >= 0.3 is 0 Å². The lowest BCUT2D eigenvalue weighted by atomic mass is 10.1. The first kappa shape index (κ1) is 20.2. The molecule has 1 aromatic carbocycles. The van der Waals surface area contributed by atoms with Crippen molar-refractivity contribution in [2.45, 2.75) is 20.3 Å². The molecule has 2 heterocycles. The molecule has 0 saturated carbocycles. The van der Waals surface area contributed by atoms with Gasteiger partial charge in [0.2, 0.25) is 0 Å². The lowest BCUT2D eigenvalue weighted by Crippen LogP contribution is -2.13. The van der Waals surface area contributed by atoms with Gasteiger partial charge in [0.1, 0.15) is 21.2 Å². The number of thiophene rings is 1. The van der Waals surface area contributed by atoms with Crippen molar-refractivity contribution in [1.29, 1.82) is 0 Å². The smallest absolute Gasteiger partial charge is 0.268 e. The lowest BCUT2D eigenvalue weighted by molar-refractivity contribution is 0.103. The molecule has 3 N–H and O–H groups in total. The van der Waals surface area contributed by atoms with Crippen LogP contribution in [0.4, 0.5) is 11.4 Å². The summed E-state index contributed by atoms with van der Waals surface area (Å²) in [5, 5.41) is 3.96. The maximum absolute atomic E-state index is 12.9. The fourth-order valence-corrected chi connectivity index (χ4v) is 4.12. The van der Waals surface area contributed by atoms with Gasteiger partial charge in [0.15, 0.2) is 0 Å². The average Bonchev–Trinajstić information content (AvgIpc) is 2.97. The zero-order valence-electron chi connectivity index (χ0n) is 16.1. The summed E-state index contributed by atoms with van der Waals surface area (Å²) in [4.78, 5) is 18.7. The molecule has 6 nitrogen and oxygen atoms in total. The van der Waals surface area contributed by atoms with Crippen molar-refractivity contribution in [3.63, 3.8) is 0 Å². The van der Waals surface area contributed by atoms with Crippen LogP contribution in [0.1, 0.15) is 29.2 Å². The number of hydrogen-bond donors (Lipinski definition) is 2. The standard InChI is InChI=1S/C20H22ClN3O3S/c1-10(2)7-11-5-6-12-17(22)18(28-20(12)23-11)19(25)24-14-8-13(21)15(26-3)9-16(14)27-4/h5-6,8-10H,7,22H2,1-4H3,(H,24,25). The molecule has 0 unspecified atom stereocenters. The quantitative estimate of drug-likeness (QED) is 0.587. The van der Waals surface area contributed by atoms with Crippen molar-refractivity contribution in [3.8, 4) is 11.5 Å². The molecule has 0 aliphatic rings. The highest BCUT2D eigenvalue weighted by Crippen LogP contribution is 2.38. The highest BCUT2D eigenvalue weighted by Gasteiger charge is 2.20. The number of carbonyl (C=O) groups excluding carboxylic acids is 1. The lowest BCUT2D eigenvalue weighted by Gasteiger charge is -2.12. The van der Waals surface area contributed by atoms with Crippen LogP contribution in [0.5, 0.6) is 11.5 Å². The van der Waals surface area contributed by atoms with Crippen LogP contribution in [0.2, 0.25) is 5.02 Å². The highest BCUT2D eigenvalue weighted by atomic mass is 35.5. The molecule has 0 aliphatic carbocycles. The van der Waals surface area contributed by atoms with Gasteiger partial charge in [0, 0.05) is 17.1 Å². The van der Waals surface area contributed by atoms with Crippen LogP contribution in [-0.4, -0.2) is 25.1 Å². The molecule has 1 amide bonds. The van der Waals surface area contributed by atoms with E-state index < -0.39 is 0 Å². The van der Waals surface area contributed by atoms with Crippen molar-refractivity contribution in [3.05, 3.63) is 39.9 Å². The monoisotopic (exact) mass is 419 g/mol. The van der Waals surface area contributed by atoms with E-state index in [1.165, 1.54) is 25.6 Å². The van der Waals surface area contributed by atoms with Crippen molar-refractivity contribution < 1.29 is 14.3 Å². The molecule has 0 saturated heterocycles. The molecule has 0 atom stereocenters. The Balaban J connectivity index is 1.93. The van der Waals surface area contributed by atoms with Gasteiger partial charge in [-0.1, -0.05) is 25.4 Å². The number of fused-ring (bicyclic) bond motifs is 1. The van der Waals surface area contributed by atoms with E-state index in [4.69, 9.17) is 26.8 Å². The number of nitrogens with one attached hydrogen (secondary N) is 1. The Morgan fingerprint density at radius 1 is 1.25 bits per heavy atom. The number of anilines is 2. The summed E-state index contributed by atoms with van der Waals surface area (Å²) in [6.07, 6.45) is 0.872. The highest BCUT2D eigenvalue weighted by molar-refractivity contribution is 7.21. The topological polar surface area (TPSA) is 86.5 Å². The number of nitrogens with zero attached hydrogens (tertiary/aromatic N) is 1. The van der Waals surface area contributed by atoms with Gasteiger partial charge in [-0.15, -0.1) is 11.3 Å². The van der Waals surface area contributed by atoms with E-state index in [-0.39, 0.29) is 5.91 Å². The van der Waals surface area contributed by atoms with E-state index >= 15 is 0 Å². The summed E-state index contributed by atoms with van der Waals surface area (Å²) in [6.45, 7) is 4.28. The van der Waals surface area contributed by atoms with Gasteiger partial charge in [-0.3, -0.25) is 4.79 Å². The first-order chi connectivity index (χ1) is 13.3. The second-order valence-electron chi connectivity index (χ2n) is 6.74. The molecule has 0 bridgehead atoms. The third-order valence-corrected chi connectivity index (χ3v) is 5.61. The predicted octanol–water partition coefficient (Wildman–Crippen LogP) is 5.00. The molecule has 3 rings (SSSR count). The Hall–Kier alpha value is -2.51. The van der Waals surface area contributed by atoms with Gasteiger partial charge in [-0.2, -0.15) is 0 Å². The van der Waals surface area contributed by atoms with Gasteiger partial charge in [0.05, 0.1) is 30.6 Å². The van der Waals surface area contributed by atoms with Crippen LogP contribution in [0.3, 0.4) is 0 Å². The van der Waals surface area contributed by atoms with Crippen LogP contribution in [0.15, 0.2) is 24.3 Å². The molecule has 3 aromatic rings. The summed E-state index contributed by atoms with van der Waals surface area (Å²) < 4.78 is 10.5. The number of ether oxygens (including phenoxy) is 2. The Morgan fingerprint density at radius 2 is 1.96 bits per heavy atom. The Kier molecular flexibility index (Phi) is 5.96. The zero-order chi connectivity index (χ0) is 20.4. The fourth-order valence-electron chi connectivity index (χ4n) is 2.87. The summed E-state index contributed by atoms with van der Waals surface area (Å²) in [5.41, 5.74) is 8.06. The van der Waals surface area contributed by atoms with Gasteiger partial charge < -0.3 is 20.5 Å². The van der Waals surface area contributed by atoms with E-state index in [1.807, 2.05) is 12.1 Å². The number of halogens is 1. The summed E-state index contributed by atoms with van der Waals surface area (Å²) in [5.74, 6) is 1.05. The number of carbonyl (C=O) groups is 1. The Labute approximate surface area is 172 Å². The number of nitrogen functional groups attached to an aromatic ring is 1. The van der Waals surface area contributed by atoms with E-state index in [0.29, 0.717) is 38.7 Å². The molecule has 0 spiro atoms. The molecular weight excluding hydrogens is 398 g/mol. The minimum atomic E-state index is -0.342. The Bertz CT molecular complexity index is 1030. The van der Waals surface area contributed by atoms with E-state index in [9.17, 15) is 4.79 Å². The van der Waals surface area contributed by atoms with Gasteiger partial charge in [-0.05, 0) is 30.5 Å². The van der Waals surface area contributed by atoms with Gasteiger partial charge in [-0.25, -0.2) is 4.98 Å². The number of nitrogens with two attached hydrogens (primary N) is 1. The minimum Gasteiger partial charge on any atom is -0.495 e. The number of methoxy groups -OCH3 is 2. The number of amides is 1. The van der Waals surface area contributed by atoms with Crippen LogP contribution < -0.4 is 20.5 Å². The molecule has 28 heavy (non-hydrogen) atoms. The van der Waals surface area contributed by atoms with Crippen molar-refractivity contribution in [2.75, 3.05) is 25.3 Å². The third kappa shape index (κ3) is 4.00. The second-order valence-corrected chi connectivity index (χ2v) is 8.15. The zero-order valence-corrected chi connectivity index (χ0v) is 17.7. The fraction of sp³-hybridized carbons (Fsp3) is 0.300. The molecule has 0 fully saturated rings. The van der Waals surface area contributed by atoms with Crippen LogP contribution in [0, 0.1) is 5.92 Å². The molecule has 8 heteroatoms. The first-order valence-electron chi connectivity index (χ1n) is 8.74. The van der Waals surface area contributed by atoms with E-state index in [0.717, 1.165) is 22.3 Å². The maximum atomic E-state index is 12.9. The number of rotatable bonds is 6. The molecular formula is C20H22ClN3O3S. The average molecular weight is 420 g/mol. The van der Waals surface area contributed by atoms with Crippen LogP contribution in [0.25, 0.3) is 10.2 Å². The summed E-state index contributed by atoms with van der Waals surface area (Å²) in [7, 11) is 3.02. The minimum absolute atomic E-state index is 0.342. The third-order valence-electron chi connectivity index (χ3n) is 4.20. The number of aromatic nitrogens is 1. The molecule has 0 aliphatic heterocycles. The van der Waals surface area contributed by atoms with Crippen molar-refractivity contribution in [2.24, 2.45) is 5.92 Å². The largest absolute Gasteiger partial charge is 0.495 e. The summed E-state index contributed by atoms with van der Waals surface area (Å²) in [6, 6.07) is 7.08. The first-order valence-corrected chi connectivity index (χ1v) is 9.94. The van der Waals surface area contributed by atoms with E-state index in [1.54, 1.807) is 12.1 Å². The van der Waals surface area contributed by atoms with Gasteiger partial charge in [0.25, 0.3) is 5.91 Å².